The molecule has 1 radical (unpaired) electrons. The van der Waals surface area contributed by atoms with Gasteiger partial charge in [0.25, 0.3) is 0 Å². The summed E-state index contributed by atoms with van der Waals surface area (Å²) in [6.07, 6.45) is 1.34. The van der Waals surface area contributed by atoms with Crippen LogP contribution in [0, 0.1) is 5.88 Å². The van der Waals surface area contributed by atoms with Gasteiger partial charge < -0.3 is 0 Å². The average molecular weight is 116 g/mol. The van der Waals surface area contributed by atoms with Crippen LogP contribution in [0.4, 0.5) is 0 Å². The summed E-state index contributed by atoms with van der Waals surface area (Å²) < 4.78 is 0. The number of hydrogen-bond donors (Lipinski definition) is 0. The maximum atomic E-state index is 2.23. The Morgan fingerprint density at radius 1 is 1.71 bits per heavy atom. The van der Waals surface area contributed by atoms with Gasteiger partial charge in [-0.05, 0) is 25.8 Å². The predicted octanol–water partition coefficient (Wildman–Crippen LogP) is 1.17. The van der Waals surface area contributed by atoms with Gasteiger partial charge in [-0.1, -0.05) is 0 Å². The fourth-order valence-electron chi connectivity index (χ4n) is 0.630. The molecule has 0 saturated carbocycles. The van der Waals surface area contributed by atoms with E-state index in [1.165, 1.54) is 18.7 Å². The number of thioether (sulfide) groups is 1. The van der Waals surface area contributed by atoms with Crippen molar-refractivity contribution in [3.05, 3.63) is 5.88 Å². The third-order valence-corrected chi connectivity index (χ3v) is 2.06. The summed E-state index contributed by atoms with van der Waals surface area (Å²) in [6, 6.07) is 0. The summed E-state index contributed by atoms with van der Waals surface area (Å²) >= 11 is 1.90. The van der Waals surface area contributed by atoms with E-state index in [9.17, 15) is 0 Å². The van der Waals surface area contributed by atoms with Crippen molar-refractivity contribution in [2.24, 2.45) is 0 Å². The minimum Gasteiger partial charge on any atom is -0.293 e. The summed E-state index contributed by atoms with van der Waals surface area (Å²) in [5.41, 5.74) is 0. The van der Waals surface area contributed by atoms with Gasteiger partial charge in [0, 0.05) is 0 Å². The van der Waals surface area contributed by atoms with Crippen molar-refractivity contribution in [2.75, 3.05) is 19.3 Å². The fraction of sp³-hybridized carbons (Fsp3) is 0.800. The standard InChI is InChI=1S/C5H10NS/c1-6-3-2-4-7-5-6/h5H,2-4H2,1H3. The maximum Gasteiger partial charge on any atom is 0.0807 e. The summed E-state index contributed by atoms with van der Waals surface area (Å²) in [5, 5.41) is 0. The Hall–Kier alpha value is 0.310. The molecule has 0 aromatic carbocycles. The minimum absolute atomic E-state index is 1.24. The van der Waals surface area contributed by atoms with Crippen LogP contribution in [-0.2, 0) is 0 Å². The summed E-state index contributed by atoms with van der Waals surface area (Å²) in [4.78, 5) is 2.23. The van der Waals surface area contributed by atoms with Gasteiger partial charge in [0.1, 0.15) is 0 Å². The molecule has 0 spiro atoms. The zero-order valence-electron chi connectivity index (χ0n) is 4.55. The molecule has 1 aliphatic rings. The van der Waals surface area contributed by atoms with Crippen LogP contribution in [0.3, 0.4) is 0 Å². The zero-order valence-corrected chi connectivity index (χ0v) is 5.37. The molecule has 2 heteroatoms. The lowest BCUT2D eigenvalue weighted by molar-refractivity contribution is 0.430. The second kappa shape index (κ2) is 2.58. The van der Waals surface area contributed by atoms with Gasteiger partial charge in [0.15, 0.2) is 0 Å². The molecule has 1 fully saturated rings. The van der Waals surface area contributed by atoms with Crippen molar-refractivity contribution < 1.29 is 0 Å². The Labute approximate surface area is 49.1 Å². The third kappa shape index (κ3) is 1.70. The molecular weight excluding hydrogens is 106 g/mol. The molecule has 1 aliphatic heterocycles. The first-order valence-corrected chi connectivity index (χ1v) is 3.59. The molecule has 0 N–H and O–H groups in total. The first kappa shape index (κ1) is 5.45. The monoisotopic (exact) mass is 116 g/mol. The highest BCUT2D eigenvalue weighted by atomic mass is 32.2. The SMILES string of the molecule is CN1[CH]SCCC1. The van der Waals surface area contributed by atoms with E-state index in [4.69, 9.17) is 0 Å². The lowest BCUT2D eigenvalue weighted by Crippen LogP contribution is -2.19. The van der Waals surface area contributed by atoms with E-state index in [0.717, 1.165) is 0 Å². The van der Waals surface area contributed by atoms with Gasteiger partial charge in [0.05, 0.1) is 5.88 Å². The van der Waals surface area contributed by atoms with Gasteiger partial charge in [-0.25, -0.2) is 0 Å². The average Bonchev–Trinajstić information content (AvgIpc) is 1.69. The molecule has 0 bridgehead atoms. The molecule has 1 saturated heterocycles. The molecule has 1 nitrogen and oxygen atoms in total. The Balaban J connectivity index is 2.12. The summed E-state index contributed by atoms with van der Waals surface area (Å²) in [5.74, 6) is 3.49. The fourth-order valence-corrected chi connectivity index (χ4v) is 1.39. The Morgan fingerprint density at radius 2 is 2.57 bits per heavy atom. The van der Waals surface area contributed by atoms with E-state index < -0.39 is 0 Å². The van der Waals surface area contributed by atoms with E-state index in [-0.39, 0.29) is 0 Å². The van der Waals surface area contributed by atoms with Gasteiger partial charge >= 0.3 is 0 Å². The molecule has 0 aliphatic carbocycles. The van der Waals surface area contributed by atoms with E-state index in [0.29, 0.717) is 0 Å². The molecule has 0 amide bonds. The van der Waals surface area contributed by atoms with Gasteiger partial charge in [-0.15, -0.1) is 11.8 Å². The topological polar surface area (TPSA) is 3.24 Å². The largest absolute Gasteiger partial charge is 0.293 e. The molecular formula is C5H10NS. The molecule has 0 atom stereocenters. The van der Waals surface area contributed by atoms with Gasteiger partial charge in [-0.2, -0.15) is 0 Å². The van der Waals surface area contributed by atoms with Crippen LogP contribution < -0.4 is 0 Å². The first-order valence-electron chi connectivity index (χ1n) is 2.55. The van der Waals surface area contributed by atoms with E-state index in [1.807, 2.05) is 11.8 Å². The second-order valence-electron chi connectivity index (χ2n) is 1.81. The van der Waals surface area contributed by atoms with Crippen molar-refractivity contribution in [1.82, 2.24) is 4.90 Å². The number of rotatable bonds is 0. The number of hydrogen-bond acceptors (Lipinski definition) is 2. The van der Waals surface area contributed by atoms with Crippen LogP contribution in [0.5, 0.6) is 0 Å². The summed E-state index contributed by atoms with van der Waals surface area (Å²) in [7, 11) is 2.12. The first-order chi connectivity index (χ1) is 3.39. The molecule has 1 rings (SSSR count). The predicted molar refractivity (Wildman–Crippen MR) is 34.0 cm³/mol. The normalized spacial score (nSPS) is 25.3. The minimum atomic E-state index is 1.24. The lowest BCUT2D eigenvalue weighted by atomic mass is 10.4. The summed E-state index contributed by atoms with van der Waals surface area (Å²) in [6.45, 7) is 1.24. The van der Waals surface area contributed by atoms with Crippen molar-refractivity contribution in [2.45, 2.75) is 6.42 Å². The lowest BCUT2D eigenvalue weighted by Gasteiger charge is -2.19. The van der Waals surface area contributed by atoms with Crippen LogP contribution in [-0.4, -0.2) is 24.2 Å². The Morgan fingerprint density at radius 3 is 2.86 bits per heavy atom. The van der Waals surface area contributed by atoms with E-state index >= 15 is 0 Å². The van der Waals surface area contributed by atoms with Crippen LogP contribution in [0.25, 0.3) is 0 Å². The van der Waals surface area contributed by atoms with Crippen molar-refractivity contribution >= 4 is 11.8 Å². The van der Waals surface area contributed by atoms with E-state index in [1.54, 1.807) is 0 Å². The highest BCUT2D eigenvalue weighted by Gasteiger charge is 2.03. The number of nitrogens with zero attached hydrogens (tertiary/aromatic N) is 1. The van der Waals surface area contributed by atoms with E-state index in [2.05, 4.69) is 17.8 Å². The zero-order chi connectivity index (χ0) is 5.11. The van der Waals surface area contributed by atoms with Crippen LogP contribution >= 0.6 is 11.8 Å². The molecule has 41 valence electrons. The van der Waals surface area contributed by atoms with Gasteiger partial charge in [0.2, 0.25) is 0 Å². The maximum absolute atomic E-state index is 2.23. The Kier molecular flexibility index (Phi) is 2.00. The molecule has 0 aromatic rings. The molecule has 1 heterocycles. The van der Waals surface area contributed by atoms with Crippen molar-refractivity contribution in [3.63, 3.8) is 0 Å². The van der Waals surface area contributed by atoms with Crippen molar-refractivity contribution in [3.8, 4) is 0 Å². The molecule has 0 unspecified atom stereocenters. The molecule has 7 heavy (non-hydrogen) atoms. The quantitative estimate of drug-likeness (QED) is 0.467. The third-order valence-electron chi connectivity index (χ3n) is 1.03. The van der Waals surface area contributed by atoms with Crippen LogP contribution in [0.2, 0.25) is 0 Å². The van der Waals surface area contributed by atoms with Crippen LogP contribution in [0.1, 0.15) is 6.42 Å². The highest BCUT2D eigenvalue weighted by molar-refractivity contribution is 8.01. The molecule has 0 aromatic heterocycles. The highest BCUT2D eigenvalue weighted by Crippen LogP contribution is 2.15. The smallest absolute Gasteiger partial charge is 0.0807 e. The van der Waals surface area contributed by atoms with Crippen molar-refractivity contribution in [1.29, 1.82) is 0 Å². The second-order valence-corrected chi connectivity index (χ2v) is 2.76. The Bertz CT molecular complexity index is 50.0. The van der Waals surface area contributed by atoms with Crippen LogP contribution in [0.15, 0.2) is 0 Å². The van der Waals surface area contributed by atoms with Gasteiger partial charge in [-0.3, -0.25) is 4.90 Å².